The van der Waals surface area contributed by atoms with Crippen molar-refractivity contribution in [3.63, 3.8) is 0 Å². The molecule has 0 heterocycles. The number of carboxylic acids is 2. The molecule has 0 unspecified atom stereocenters. The Balaban J connectivity index is 1.74. The predicted octanol–water partition coefficient (Wildman–Crippen LogP) is 3.83. The summed E-state index contributed by atoms with van der Waals surface area (Å²) in [7, 11) is 0. The van der Waals surface area contributed by atoms with E-state index in [0.29, 0.717) is 5.56 Å². The van der Waals surface area contributed by atoms with Gasteiger partial charge in [0, 0.05) is 5.56 Å². The molecule has 0 bridgehead atoms. The van der Waals surface area contributed by atoms with E-state index in [4.69, 9.17) is 19.7 Å². The van der Waals surface area contributed by atoms with Crippen LogP contribution in [0.15, 0.2) is 66.7 Å². The predicted molar refractivity (Wildman–Crippen MR) is 108 cm³/mol. The van der Waals surface area contributed by atoms with Gasteiger partial charge in [0.1, 0.15) is 11.5 Å². The molecule has 3 aromatic rings. The maximum atomic E-state index is 12.4. The molecule has 0 radical (unpaired) electrons. The van der Waals surface area contributed by atoms with E-state index in [0.717, 1.165) is 0 Å². The highest BCUT2D eigenvalue weighted by atomic mass is 16.5. The summed E-state index contributed by atoms with van der Waals surface area (Å²) >= 11 is 0. The Morgan fingerprint density at radius 2 is 0.903 bits per heavy atom. The van der Waals surface area contributed by atoms with Gasteiger partial charge in [-0.15, -0.1) is 0 Å². The normalized spacial score (nSPS) is 10.2. The lowest BCUT2D eigenvalue weighted by Crippen LogP contribution is -2.12. The second kappa shape index (κ2) is 8.91. The van der Waals surface area contributed by atoms with Crippen LogP contribution in [0.25, 0.3) is 0 Å². The van der Waals surface area contributed by atoms with Crippen LogP contribution in [0, 0.1) is 6.92 Å². The number of rotatable bonds is 6. The fourth-order valence-corrected chi connectivity index (χ4v) is 2.63. The average molecular weight is 420 g/mol. The molecular formula is C23H16O8. The molecule has 8 heteroatoms. The molecule has 2 N–H and O–H groups in total. The van der Waals surface area contributed by atoms with Crippen LogP contribution in [-0.4, -0.2) is 34.1 Å². The summed E-state index contributed by atoms with van der Waals surface area (Å²) in [6.07, 6.45) is 0. The van der Waals surface area contributed by atoms with Crippen molar-refractivity contribution in [3.8, 4) is 11.5 Å². The van der Waals surface area contributed by atoms with Crippen LogP contribution in [0.3, 0.4) is 0 Å². The van der Waals surface area contributed by atoms with E-state index >= 15 is 0 Å². The van der Waals surface area contributed by atoms with Crippen LogP contribution in [-0.2, 0) is 0 Å². The summed E-state index contributed by atoms with van der Waals surface area (Å²) in [5.41, 5.74) is 0.792. The lowest BCUT2D eigenvalue weighted by atomic mass is 10.1. The molecule has 3 rings (SSSR count). The van der Waals surface area contributed by atoms with Gasteiger partial charge in [0.2, 0.25) is 0 Å². The largest absolute Gasteiger partial charge is 0.478 e. The van der Waals surface area contributed by atoms with Crippen molar-refractivity contribution in [3.05, 3.63) is 94.5 Å². The van der Waals surface area contributed by atoms with Gasteiger partial charge in [0.25, 0.3) is 0 Å². The molecule has 0 aliphatic rings. The van der Waals surface area contributed by atoms with Gasteiger partial charge < -0.3 is 19.7 Å². The van der Waals surface area contributed by atoms with Crippen LogP contribution >= 0.6 is 0 Å². The number of benzene rings is 3. The Morgan fingerprint density at radius 1 is 0.581 bits per heavy atom. The van der Waals surface area contributed by atoms with Crippen LogP contribution in [0.4, 0.5) is 0 Å². The molecule has 0 aliphatic heterocycles. The van der Waals surface area contributed by atoms with Gasteiger partial charge in [-0.2, -0.15) is 0 Å². The number of hydrogen-bond acceptors (Lipinski definition) is 6. The Bertz CT molecular complexity index is 1070. The third-order valence-electron chi connectivity index (χ3n) is 4.37. The first kappa shape index (κ1) is 21.3. The molecule has 0 saturated heterocycles. The topological polar surface area (TPSA) is 127 Å². The number of aromatic carboxylic acids is 2. The van der Waals surface area contributed by atoms with E-state index in [1.165, 1.54) is 60.7 Å². The molecule has 3 aromatic carbocycles. The van der Waals surface area contributed by atoms with Crippen molar-refractivity contribution in [2.45, 2.75) is 6.92 Å². The van der Waals surface area contributed by atoms with Crippen molar-refractivity contribution in [1.29, 1.82) is 0 Å². The maximum absolute atomic E-state index is 12.4. The van der Waals surface area contributed by atoms with Crippen LogP contribution in [0.2, 0.25) is 0 Å². The number of carbonyl (C=O) groups excluding carboxylic acids is 2. The molecule has 0 spiro atoms. The summed E-state index contributed by atoms with van der Waals surface area (Å²) in [4.78, 5) is 46.5. The second-order valence-electron chi connectivity index (χ2n) is 6.42. The third-order valence-corrected chi connectivity index (χ3v) is 4.37. The van der Waals surface area contributed by atoms with E-state index in [-0.39, 0.29) is 33.8 Å². The highest BCUT2D eigenvalue weighted by Gasteiger charge is 2.16. The molecular weight excluding hydrogens is 404 g/mol. The Kier molecular flexibility index (Phi) is 6.11. The minimum atomic E-state index is -1.11. The van der Waals surface area contributed by atoms with Crippen molar-refractivity contribution in [2.24, 2.45) is 0 Å². The highest BCUT2D eigenvalue weighted by molar-refractivity contribution is 5.95. The van der Waals surface area contributed by atoms with Crippen LogP contribution < -0.4 is 9.47 Å². The molecule has 8 nitrogen and oxygen atoms in total. The SMILES string of the molecule is Cc1c(OC(=O)c2ccc(C(=O)O)cc2)cccc1OC(=O)c1ccc(C(=O)O)cc1. The number of ether oxygens (including phenoxy) is 2. The van der Waals surface area contributed by atoms with Crippen LogP contribution in [0.1, 0.15) is 47.0 Å². The first-order valence-electron chi connectivity index (χ1n) is 8.97. The molecule has 0 atom stereocenters. The van der Waals surface area contributed by atoms with Crippen LogP contribution in [0.5, 0.6) is 11.5 Å². The lowest BCUT2D eigenvalue weighted by Gasteiger charge is -2.12. The molecule has 0 fully saturated rings. The van der Waals surface area contributed by atoms with E-state index in [9.17, 15) is 19.2 Å². The fourth-order valence-electron chi connectivity index (χ4n) is 2.63. The Morgan fingerprint density at radius 3 is 1.23 bits per heavy atom. The first-order valence-corrected chi connectivity index (χ1v) is 8.97. The minimum absolute atomic E-state index is 0.0398. The number of carbonyl (C=O) groups is 4. The number of carboxylic acid groups (broad SMARTS) is 2. The average Bonchev–Trinajstić information content (AvgIpc) is 2.76. The standard InChI is InChI=1S/C23H16O8/c1-13-18(30-22(28)16-9-5-14(6-10-16)20(24)25)3-2-4-19(13)31-23(29)17-11-7-15(8-12-17)21(26)27/h2-12H,1H3,(H,24,25)(H,26,27). The summed E-state index contributed by atoms with van der Waals surface area (Å²) in [5, 5.41) is 17.8. The minimum Gasteiger partial charge on any atom is -0.478 e. The summed E-state index contributed by atoms with van der Waals surface area (Å²) in [5.74, 6) is -3.29. The molecule has 0 aliphatic carbocycles. The van der Waals surface area contributed by atoms with Crippen molar-refractivity contribution in [1.82, 2.24) is 0 Å². The lowest BCUT2D eigenvalue weighted by molar-refractivity contribution is 0.0685. The van der Waals surface area contributed by atoms with E-state index in [1.54, 1.807) is 13.0 Å². The summed E-state index contributed by atoms with van der Waals surface area (Å²) in [6.45, 7) is 1.60. The molecule has 156 valence electrons. The second-order valence-corrected chi connectivity index (χ2v) is 6.42. The monoisotopic (exact) mass is 420 g/mol. The molecule has 31 heavy (non-hydrogen) atoms. The zero-order valence-corrected chi connectivity index (χ0v) is 16.2. The van der Waals surface area contributed by atoms with Crippen molar-refractivity contribution >= 4 is 23.9 Å². The summed E-state index contributed by atoms with van der Waals surface area (Å²) in [6, 6.07) is 15.1. The van der Waals surface area contributed by atoms with Gasteiger partial charge in [-0.3, -0.25) is 0 Å². The highest BCUT2D eigenvalue weighted by Crippen LogP contribution is 2.29. The number of hydrogen-bond donors (Lipinski definition) is 2. The van der Waals surface area contributed by atoms with E-state index in [1.807, 2.05) is 0 Å². The summed E-state index contributed by atoms with van der Waals surface area (Å²) < 4.78 is 10.7. The van der Waals surface area contributed by atoms with Gasteiger partial charge in [0.15, 0.2) is 0 Å². The first-order chi connectivity index (χ1) is 14.8. The van der Waals surface area contributed by atoms with E-state index < -0.39 is 23.9 Å². The molecule has 0 aromatic heterocycles. The quantitative estimate of drug-likeness (QED) is 0.455. The van der Waals surface area contributed by atoms with Gasteiger partial charge in [0.05, 0.1) is 22.3 Å². The Labute approximate surface area is 176 Å². The molecule has 0 saturated carbocycles. The van der Waals surface area contributed by atoms with Gasteiger partial charge in [-0.25, -0.2) is 19.2 Å². The van der Waals surface area contributed by atoms with Crippen molar-refractivity contribution in [2.75, 3.05) is 0 Å². The third kappa shape index (κ3) is 4.94. The smallest absolute Gasteiger partial charge is 0.343 e. The van der Waals surface area contributed by atoms with Gasteiger partial charge in [-0.05, 0) is 67.6 Å². The van der Waals surface area contributed by atoms with E-state index in [2.05, 4.69) is 0 Å². The maximum Gasteiger partial charge on any atom is 0.343 e. The Hall–Kier alpha value is -4.46. The van der Waals surface area contributed by atoms with Gasteiger partial charge >= 0.3 is 23.9 Å². The molecule has 0 amide bonds. The zero-order valence-electron chi connectivity index (χ0n) is 16.2. The fraction of sp³-hybridized carbons (Fsp3) is 0.0435. The zero-order chi connectivity index (χ0) is 22.5. The van der Waals surface area contributed by atoms with Crippen molar-refractivity contribution < 1.29 is 38.9 Å². The number of esters is 2. The van der Waals surface area contributed by atoms with Gasteiger partial charge in [-0.1, -0.05) is 6.07 Å².